The number of aliphatic carboxylic acids is 1. The fourth-order valence-corrected chi connectivity index (χ4v) is 0.922. The summed E-state index contributed by atoms with van der Waals surface area (Å²) >= 11 is 0. The van der Waals surface area contributed by atoms with E-state index < -0.39 is 5.97 Å². The van der Waals surface area contributed by atoms with Crippen molar-refractivity contribution in [2.75, 3.05) is 5.32 Å². The number of aryl methyl sites for hydroxylation is 1. The molecule has 0 unspecified atom stereocenters. The zero-order valence-electron chi connectivity index (χ0n) is 8.32. The Morgan fingerprint density at radius 3 is 2.93 bits per heavy atom. The van der Waals surface area contributed by atoms with Gasteiger partial charge in [0.25, 0.3) is 0 Å². The number of anilines is 1. The van der Waals surface area contributed by atoms with Crippen LogP contribution in [0.5, 0.6) is 0 Å². The number of hydrogen-bond acceptors (Lipinski definition) is 4. The molecule has 0 radical (unpaired) electrons. The van der Waals surface area contributed by atoms with E-state index in [2.05, 4.69) is 10.3 Å². The second-order valence-electron chi connectivity index (χ2n) is 2.94. The molecular weight excluding hydrogens is 200 g/mol. The molecule has 0 saturated heterocycles. The van der Waals surface area contributed by atoms with Gasteiger partial charge < -0.3 is 9.52 Å². The van der Waals surface area contributed by atoms with Crippen LogP contribution < -0.4 is 5.32 Å². The number of carboxylic acids is 1. The normalized spacial score (nSPS) is 9.93. The van der Waals surface area contributed by atoms with Crippen LogP contribution in [0.1, 0.15) is 25.5 Å². The van der Waals surface area contributed by atoms with Gasteiger partial charge in [-0.3, -0.25) is 14.9 Å². The smallest absolute Gasteiger partial charge is 0.303 e. The summed E-state index contributed by atoms with van der Waals surface area (Å²) in [7, 11) is 0. The van der Waals surface area contributed by atoms with Crippen molar-refractivity contribution in [1.29, 1.82) is 0 Å². The summed E-state index contributed by atoms with van der Waals surface area (Å²) in [4.78, 5) is 25.1. The van der Waals surface area contributed by atoms with Crippen molar-refractivity contribution in [3.8, 4) is 0 Å². The predicted molar refractivity (Wildman–Crippen MR) is 51.4 cm³/mol. The lowest BCUT2D eigenvalue weighted by molar-refractivity contribution is -0.137. The summed E-state index contributed by atoms with van der Waals surface area (Å²) in [5, 5.41) is 10.9. The molecule has 2 N–H and O–H groups in total. The molecule has 0 aliphatic rings. The molecule has 1 amide bonds. The minimum Gasteiger partial charge on any atom is -0.481 e. The van der Waals surface area contributed by atoms with Gasteiger partial charge in [0.15, 0.2) is 0 Å². The van der Waals surface area contributed by atoms with Crippen molar-refractivity contribution in [2.24, 2.45) is 0 Å². The number of amides is 1. The number of carboxylic acid groups (broad SMARTS) is 1. The number of carbonyl (C=O) groups excluding carboxylic acids is 1. The van der Waals surface area contributed by atoms with E-state index in [1.807, 2.05) is 0 Å². The molecule has 1 aromatic heterocycles. The molecule has 0 fully saturated rings. The highest BCUT2D eigenvalue weighted by Crippen LogP contribution is 2.09. The van der Waals surface area contributed by atoms with Gasteiger partial charge in [0.1, 0.15) is 6.26 Å². The molecule has 15 heavy (non-hydrogen) atoms. The number of oxazole rings is 1. The predicted octanol–water partition coefficient (Wildman–Crippen LogP) is 1.04. The third-order valence-electron chi connectivity index (χ3n) is 1.71. The molecule has 6 nitrogen and oxygen atoms in total. The maximum absolute atomic E-state index is 11.0. The highest BCUT2D eigenvalue weighted by Gasteiger charge is 2.07. The van der Waals surface area contributed by atoms with E-state index in [0.717, 1.165) is 0 Å². The quantitative estimate of drug-likeness (QED) is 0.760. The van der Waals surface area contributed by atoms with Gasteiger partial charge in [-0.2, -0.15) is 4.98 Å². The lowest BCUT2D eigenvalue weighted by Gasteiger charge is -1.94. The van der Waals surface area contributed by atoms with Crippen LogP contribution in [0.25, 0.3) is 0 Å². The Morgan fingerprint density at radius 1 is 1.60 bits per heavy atom. The summed E-state index contributed by atoms with van der Waals surface area (Å²) in [6.07, 6.45) is 1.97. The summed E-state index contributed by atoms with van der Waals surface area (Å²) in [5.74, 6) is -1.08. The molecule has 1 aromatic rings. The van der Waals surface area contributed by atoms with Gasteiger partial charge in [-0.25, -0.2) is 0 Å². The Morgan fingerprint density at radius 2 is 2.33 bits per heavy atom. The molecule has 0 spiro atoms. The fraction of sp³-hybridized carbons (Fsp3) is 0.444. The molecule has 82 valence electrons. The number of carbonyl (C=O) groups is 2. The van der Waals surface area contributed by atoms with Gasteiger partial charge in [0.2, 0.25) is 5.91 Å². The van der Waals surface area contributed by atoms with Gasteiger partial charge in [0.05, 0.1) is 12.1 Å². The molecule has 0 bridgehead atoms. The van der Waals surface area contributed by atoms with Gasteiger partial charge in [-0.15, -0.1) is 0 Å². The van der Waals surface area contributed by atoms with Crippen LogP contribution in [0.4, 0.5) is 6.01 Å². The highest BCUT2D eigenvalue weighted by molar-refractivity contribution is 5.88. The van der Waals surface area contributed by atoms with Crippen LogP contribution in [-0.4, -0.2) is 22.0 Å². The Labute approximate surface area is 86.3 Å². The van der Waals surface area contributed by atoms with Crippen molar-refractivity contribution in [1.82, 2.24) is 4.98 Å². The van der Waals surface area contributed by atoms with Gasteiger partial charge in [-0.05, 0) is 0 Å². The minimum absolute atomic E-state index is 0.00625. The molecule has 1 heterocycles. The Balaban J connectivity index is 2.49. The van der Waals surface area contributed by atoms with E-state index in [0.29, 0.717) is 18.5 Å². The zero-order valence-corrected chi connectivity index (χ0v) is 8.32. The van der Waals surface area contributed by atoms with E-state index in [1.165, 1.54) is 6.26 Å². The van der Waals surface area contributed by atoms with E-state index in [-0.39, 0.29) is 18.3 Å². The van der Waals surface area contributed by atoms with Crippen molar-refractivity contribution < 1.29 is 19.1 Å². The van der Waals surface area contributed by atoms with E-state index in [1.54, 1.807) is 6.92 Å². The summed E-state index contributed by atoms with van der Waals surface area (Å²) in [5.41, 5.74) is 0.517. The van der Waals surface area contributed by atoms with Crippen molar-refractivity contribution in [3.63, 3.8) is 0 Å². The maximum atomic E-state index is 11.0. The lowest BCUT2D eigenvalue weighted by atomic mass is 10.2. The summed E-state index contributed by atoms with van der Waals surface area (Å²) in [6, 6.07) is 0.113. The third-order valence-corrected chi connectivity index (χ3v) is 1.71. The number of hydrogen-bond donors (Lipinski definition) is 2. The first-order valence-electron chi connectivity index (χ1n) is 4.58. The van der Waals surface area contributed by atoms with Gasteiger partial charge >= 0.3 is 12.0 Å². The van der Waals surface area contributed by atoms with E-state index in [4.69, 9.17) is 9.52 Å². The Kier molecular flexibility index (Phi) is 3.84. The van der Waals surface area contributed by atoms with E-state index >= 15 is 0 Å². The molecule has 1 rings (SSSR count). The second kappa shape index (κ2) is 5.14. The summed E-state index contributed by atoms with van der Waals surface area (Å²) < 4.78 is 4.93. The first-order chi connectivity index (χ1) is 7.11. The number of nitrogens with one attached hydrogen (secondary N) is 1. The highest BCUT2D eigenvalue weighted by atomic mass is 16.4. The molecule has 0 saturated carbocycles. The third kappa shape index (κ3) is 3.80. The molecule has 0 aliphatic heterocycles. The Bertz CT molecular complexity index is 359. The fourth-order valence-electron chi connectivity index (χ4n) is 0.922. The van der Waals surface area contributed by atoms with Crippen LogP contribution in [0.15, 0.2) is 10.7 Å². The SMILES string of the molecule is CCC(=O)Nc1nc(CCC(=O)O)co1. The first kappa shape index (κ1) is 11.2. The number of rotatable bonds is 5. The van der Waals surface area contributed by atoms with Crippen LogP contribution in [0.3, 0.4) is 0 Å². The van der Waals surface area contributed by atoms with Crippen molar-refractivity contribution in [3.05, 3.63) is 12.0 Å². The molecule has 0 atom stereocenters. The standard InChI is InChI=1S/C9H12N2O4/c1-2-7(12)11-9-10-6(5-15-9)3-4-8(13)14/h5H,2-4H2,1H3,(H,13,14)(H,10,11,12). The second-order valence-corrected chi connectivity index (χ2v) is 2.94. The Hall–Kier alpha value is -1.85. The largest absolute Gasteiger partial charge is 0.481 e. The van der Waals surface area contributed by atoms with Crippen LogP contribution in [-0.2, 0) is 16.0 Å². The molecule has 6 heteroatoms. The number of aromatic nitrogens is 1. The van der Waals surface area contributed by atoms with Crippen molar-refractivity contribution in [2.45, 2.75) is 26.2 Å². The zero-order chi connectivity index (χ0) is 11.3. The minimum atomic E-state index is -0.892. The number of nitrogens with zero attached hydrogens (tertiary/aromatic N) is 1. The molecular formula is C9H12N2O4. The van der Waals surface area contributed by atoms with Crippen LogP contribution >= 0.6 is 0 Å². The average molecular weight is 212 g/mol. The lowest BCUT2D eigenvalue weighted by Crippen LogP contribution is -2.09. The van der Waals surface area contributed by atoms with Gasteiger partial charge in [-0.1, -0.05) is 6.92 Å². The van der Waals surface area contributed by atoms with Crippen LogP contribution in [0.2, 0.25) is 0 Å². The van der Waals surface area contributed by atoms with E-state index in [9.17, 15) is 9.59 Å². The topological polar surface area (TPSA) is 92.4 Å². The first-order valence-corrected chi connectivity index (χ1v) is 4.58. The maximum Gasteiger partial charge on any atom is 0.303 e. The molecule has 0 aromatic carbocycles. The van der Waals surface area contributed by atoms with Crippen molar-refractivity contribution >= 4 is 17.9 Å². The van der Waals surface area contributed by atoms with Crippen LogP contribution in [0, 0.1) is 0 Å². The summed E-state index contributed by atoms with van der Waals surface area (Å²) in [6.45, 7) is 1.71. The average Bonchev–Trinajstić information content (AvgIpc) is 2.62. The monoisotopic (exact) mass is 212 g/mol. The molecule has 0 aliphatic carbocycles. The van der Waals surface area contributed by atoms with Gasteiger partial charge in [0, 0.05) is 12.8 Å².